The molecule has 2 rings (SSSR count). The molecule has 5 heteroatoms. The summed E-state index contributed by atoms with van der Waals surface area (Å²) < 4.78 is 5.08. The lowest BCUT2D eigenvalue weighted by atomic mass is 9.93. The smallest absolute Gasteiger partial charge is 0.272 e. The lowest BCUT2D eigenvalue weighted by molar-refractivity contribution is -0.385. The largest absolute Gasteiger partial charge is 0.497 e. The second-order valence-electron chi connectivity index (χ2n) is 3.98. The third-order valence-electron chi connectivity index (χ3n) is 2.86. The van der Waals surface area contributed by atoms with Crippen molar-refractivity contribution in [3.8, 4) is 5.75 Å². The molecule has 0 saturated carbocycles. The Morgan fingerprint density at radius 2 is 2.31 bits per heavy atom. The van der Waals surface area contributed by atoms with E-state index in [1.807, 2.05) is 0 Å². The summed E-state index contributed by atoms with van der Waals surface area (Å²) in [6.07, 6.45) is 0.737. The van der Waals surface area contributed by atoms with Crippen molar-refractivity contribution >= 4 is 5.69 Å². The summed E-state index contributed by atoms with van der Waals surface area (Å²) in [5.74, 6) is 1.18. The first-order chi connectivity index (χ1) is 7.70. The van der Waals surface area contributed by atoms with Gasteiger partial charge in [0.1, 0.15) is 5.75 Å². The highest BCUT2D eigenvalue weighted by Gasteiger charge is 2.22. The van der Waals surface area contributed by atoms with E-state index in [9.17, 15) is 10.1 Å². The minimum Gasteiger partial charge on any atom is -0.497 e. The molecular weight excluding hydrogens is 208 g/mol. The van der Waals surface area contributed by atoms with Gasteiger partial charge in [-0.3, -0.25) is 10.1 Å². The maximum absolute atomic E-state index is 10.9. The zero-order valence-electron chi connectivity index (χ0n) is 9.10. The van der Waals surface area contributed by atoms with E-state index in [1.165, 1.54) is 6.07 Å². The van der Waals surface area contributed by atoms with Crippen LogP contribution in [0.5, 0.6) is 5.75 Å². The molecule has 0 spiro atoms. The van der Waals surface area contributed by atoms with Gasteiger partial charge in [0.05, 0.1) is 12.0 Å². The molecule has 5 nitrogen and oxygen atoms in total. The number of nitro benzene ring substituents is 1. The van der Waals surface area contributed by atoms with Crippen LogP contribution in [-0.2, 0) is 6.42 Å². The Morgan fingerprint density at radius 3 is 2.81 bits per heavy atom. The van der Waals surface area contributed by atoms with E-state index >= 15 is 0 Å². The fourth-order valence-electron chi connectivity index (χ4n) is 1.83. The topological polar surface area (TPSA) is 64.4 Å². The summed E-state index contributed by atoms with van der Waals surface area (Å²) in [7, 11) is 1.57. The zero-order chi connectivity index (χ0) is 11.5. The third kappa shape index (κ3) is 2.14. The van der Waals surface area contributed by atoms with Crippen LogP contribution in [0.3, 0.4) is 0 Å². The summed E-state index contributed by atoms with van der Waals surface area (Å²) in [5, 5.41) is 14.0. The number of nitrogens with zero attached hydrogens (tertiary/aromatic N) is 1. The van der Waals surface area contributed by atoms with Crippen LogP contribution in [0.1, 0.15) is 5.56 Å². The minimum absolute atomic E-state index is 0.188. The molecule has 1 aliphatic rings. The number of hydrogen-bond donors (Lipinski definition) is 1. The van der Waals surface area contributed by atoms with Gasteiger partial charge in [-0.05, 0) is 37.6 Å². The maximum atomic E-state index is 10.9. The second-order valence-corrected chi connectivity index (χ2v) is 3.98. The highest BCUT2D eigenvalue weighted by atomic mass is 16.6. The molecule has 0 radical (unpaired) electrons. The summed E-state index contributed by atoms with van der Waals surface area (Å²) >= 11 is 0. The third-order valence-corrected chi connectivity index (χ3v) is 2.86. The van der Waals surface area contributed by atoms with E-state index in [0.717, 1.165) is 25.1 Å². The predicted octanol–water partition coefficient (Wildman–Crippen LogP) is 1.37. The molecule has 1 N–H and O–H groups in total. The first-order valence-electron chi connectivity index (χ1n) is 5.22. The van der Waals surface area contributed by atoms with E-state index in [0.29, 0.717) is 11.7 Å². The minimum atomic E-state index is -0.332. The number of rotatable bonds is 4. The summed E-state index contributed by atoms with van der Waals surface area (Å²) in [4.78, 5) is 10.5. The Labute approximate surface area is 93.6 Å². The van der Waals surface area contributed by atoms with Gasteiger partial charge in [0.25, 0.3) is 5.69 Å². The van der Waals surface area contributed by atoms with Crippen LogP contribution in [0.4, 0.5) is 5.69 Å². The summed E-state index contributed by atoms with van der Waals surface area (Å²) in [6, 6.07) is 4.90. The van der Waals surface area contributed by atoms with Crippen LogP contribution < -0.4 is 10.1 Å². The van der Waals surface area contributed by atoms with Crippen LogP contribution in [0.2, 0.25) is 0 Å². The van der Waals surface area contributed by atoms with Crippen LogP contribution in [0.25, 0.3) is 0 Å². The molecule has 0 atom stereocenters. The quantitative estimate of drug-likeness (QED) is 0.617. The highest BCUT2D eigenvalue weighted by molar-refractivity contribution is 5.45. The van der Waals surface area contributed by atoms with Crippen LogP contribution in [-0.4, -0.2) is 25.1 Å². The maximum Gasteiger partial charge on any atom is 0.272 e. The lowest BCUT2D eigenvalue weighted by Crippen LogP contribution is -2.43. The Bertz CT molecular complexity index is 402. The van der Waals surface area contributed by atoms with Gasteiger partial charge in [-0.15, -0.1) is 0 Å². The Kier molecular flexibility index (Phi) is 3.05. The highest BCUT2D eigenvalue weighted by Crippen LogP contribution is 2.27. The van der Waals surface area contributed by atoms with Crippen molar-refractivity contribution in [2.75, 3.05) is 20.2 Å². The lowest BCUT2D eigenvalue weighted by Gasteiger charge is -2.26. The van der Waals surface area contributed by atoms with E-state index in [4.69, 9.17) is 4.74 Å². The normalized spacial score (nSPS) is 15.6. The van der Waals surface area contributed by atoms with Crippen molar-refractivity contribution in [1.82, 2.24) is 5.32 Å². The zero-order valence-corrected chi connectivity index (χ0v) is 9.10. The second kappa shape index (κ2) is 4.49. The fourth-order valence-corrected chi connectivity index (χ4v) is 1.83. The van der Waals surface area contributed by atoms with Gasteiger partial charge in [0.15, 0.2) is 0 Å². The molecule has 1 aliphatic heterocycles. The number of methoxy groups -OCH3 is 1. The van der Waals surface area contributed by atoms with Crippen LogP contribution in [0.15, 0.2) is 18.2 Å². The van der Waals surface area contributed by atoms with Crippen LogP contribution >= 0.6 is 0 Å². The van der Waals surface area contributed by atoms with Gasteiger partial charge in [0.2, 0.25) is 0 Å². The molecule has 0 aliphatic carbocycles. The molecule has 86 valence electrons. The average Bonchev–Trinajstić information content (AvgIpc) is 2.22. The van der Waals surface area contributed by atoms with Crippen molar-refractivity contribution in [2.24, 2.45) is 5.92 Å². The van der Waals surface area contributed by atoms with Crippen molar-refractivity contribution in [2.45, 2.75) is 6.42 Å². The molecule has 0 unspecified atom stereocenters. The molecule has 1 heterocycles. The molecule has 0 amide bonds. The Hall–Kier alpha value is -1.62. The number of nitro groups is 1. The molecule has 1 aromatic carbocycles. The van der Waals surface area contributed by atoms with Gasteiger partial charge < -0.3 is 10.1 Å². The number of ether oxygens (including phenoxy) is 1. The first-order valence-corrected chi connectivity index (χ1v) is 5.22. The summed E-state index contributed by atoms with van der Waals surface area (Å²) in [6.45, 7) is 1.88. The van der Waals surface area contributed by atoms with Gasteiger partial charge >= 0.3 is 0 Å². The van der Waals surface area contributed by atoms with Gasteiger partial charge in [-0.2, -0.15) is 0 Å². The number of nitrogens with one attached hydrogen (secondary N) is 1. The fraction of sp³-hybridized carbons (Fsp3) is 0.455. The number of hydrogen-bond acceptors (Lipinski definition) is 4. The molecule has 1 saturated heterocycles. The van der Waals surface area contributed by atoms with E-state index in [1.54, 1.807) is 19.2 Å². The average molecular weight is 222 g/mol. The Morgan fingerprint density at radius 1 is 1.56 bits per heavy atom. The van der Waals surface area contributed by atoms with Crippen molar-refractivity contribution in [1.29, 1.82) is 0 Å². The Balaban J connectivity index is 2.25. The predicted molar refractivity (Wildman–Crippen MR) is 59.7 cm³/mol. The number of benzene rings is 1. The monoisotopic (exact) mass is 222 g/mol. The molecule has 0 bridgehead atoms. The molecule has 0 aromatic heterocycles. The SMILES string of the molecule is COc1ccc([N+](=O)[O-])c(CC2CNC2)c1. The van der Waals surface area contributed by atoms with Crippen molar-refractivity contribution in [3.63, 3.8) is 0 Å². The molecule has 1 aromatic rings. The molecule has 16 heavy (non-hydrogen) atoms. The molecular formula is C11H14N2O3. The van der Waals surface area contributed by atoms with Crippen LogP contribution in [0, 0.1) is 16.0 Å². The van der Waals surface area contributed by atoms with E-state index in [-0.39, 0.29) is 10.6 Å². The van der Waals surface area contributed by atoms with Crippen molar-refractivity contribution < 1.29 is 9.66 Å². The van der Waals surface area contributed by atoms with Crippen molar-refractivity contribution in [3.05, 3.63) is 33.9 Å². The molecule has 1 fully saturated rings. The van der Waals surface area contributed by atoms with Gasteiger partial charge in [-0.25, -0.2) is 0 Å². The standard InChI is InChI=1S/C11H14N2O3/c1-16-10-2-3-11(13(14)15)9(5-10)4-8-6-12-7-8/h2-3,5,8,12H,4,6-7H2,1H3. The summed E-state index contributed by atoms with van der Waals surface area (Å²) in [5.41, 5.74) is 0.948. The van der Waals surface area contributed by atoms with E-state index < -0.39 is 0 Å². The van der Waals surface area contributed by atoms with Gasteiger partial charge in [-0.1, -0.05) is 0 Å². The van der Waals surface area contributed by atoms with E-state index in [2.05, 4.69) is 5.32 Å². The first kappa shape index (κ1) is 10.9. The van der Waals surface area contributed by atoms with Gasteiger partial charge in [0, 0.05) is 11.6 Å².